The summed E-state index contributed by atoms with van der Waals surface area (Å²) in [7, 11) is 0. The Bertz CT molecular complexity index is 624. The molecule has 0 bridgehead atoms. The summed E-state index contributed by atoms with van der Waals surface area (Å²) in [6, 6.07) is 17.5. The van der Waals surface area contributed by atoms with Crippen LogP contribution in [0.5, 0.6) is 0 Å². The Hall–Kier alpha value is -1.68. The summed E-state index contributed by atoms with van der Waals surface area (Å²) in [5.41, 5.74) is 2.75. The maximum absolute atomic E-state index is 12.7. The lowest BCUT2D eigenvalue weighted by molar-refractivity contribution is 0.103. The molecule has 0 aromatic heterocycles. The van der Waals surface area contributed by atoms with Gasteiger partial charge in [0.1, 0.15) is 0 Å². The van der Waals surface area contributed by atoms with E-state index in [2.05, 4.69) is 16.3 Å². The number of halogens is 1. The van der Waals surface area contributed by atoms with Crippen molar-refractivity contribution >= 4 is 18.2 Å². The molecule has 1 N–H and O–H groups in total. The van der Waals surface area contributed by atoms with Gasteiger partial charge in [-0.1, -0.05) is 54.6 Å². The van der Waals surface area contributed by atoms with Crippen LogP contribution < -0.4 is 5.32 Å². The second-order valence-corrected chi connectivity index (χ2v) is 5.69. The predicted molar refractivity (Wildman–Crippen MR) is 96.6 cm³/mol. The molecule has 4 heteroatoms. The lowest BCUT2D eigenvalue weighted by Crippen LogP contribution is -2.44. The number of carbonyl (C=O) groups is 1. The first-order valence-corrected chi connectivity index (χ1v) is 7.95. The van der Waals surface area contributed by atoms with E-state index in [0.717, 1.165) is 55.8 Å². The predicted octanol–water partition coefficient (Wildman–Crippen LogP) is 2.79. The fraction of sp³-hybridized carbons (Fsp3) is 0.316. The highest BCUT2D eigenvalue weighted by atomic mass is 35.5. The largest absolute Gasteiger partial charge is 0.314 e. The number of piperazine rings is 1. The van der Waals surface area contributed by atoms with Crippen molar-refractivity contribution in [1.29, 1.82) is 0 Å². The number of carbonyl (C=O) groups excluding carboxylic acids is 1. The van der Waals surface area contributed by atoms with Crippen LogP contribution in [0.2, 0.25) is 0 Å². The van der Waals surface area contributed by atoms with Crippen LogP contribution >= 0.6 is 12.4 Å². The van der Waals surface area contributed by atoms with Crippen LogP contribution in [0.1, 0.15) is 21.5 Å². The van der Waals surface area contributed by atoms with Crippen molar-refractivity contribution in [3.63, 3.8) is 0 Å². The Labute approximate surface area is 144 Å². The molecule has 0 amide bonds. The standard InChI is InChI=1S/C19H22N2O.ClH/c22-19(17-7-2-1-3-8-17)18-9-5-4-6-16(18)10-13-21-14-11-20-12-15-21;/h1-9,20H,10-15H2;1H. The van der Waals surface area contributed by atoms with E-state index in [1.54, 1.807) is 0 Å². The van der Waals surface area contributed by atoms with Gasteiger partial charge >= 0.3 is 0 Å². The van der Waals surface area contributed by atoms with Crippen LogP contribution in [0.4, 0.5) is 0 Å². The maximum atomic E-state index is 12.7. The summed E-state index contributed by atoms with van der Waals surface area (Å²) < 4.78 is 0. The summed E-state index contributed by atoms with van der Waals surface area (Å²) in [4.78, 5) is 15.2. The molecule has 0 atom stereocenters. The minimum Gasteiger partial charge on any atom is -0.314 e. The number of ketones is 1. The third kappa shape index (κ3) is 4.64. The first-order chi connectivity index (χ1) is 10.8. The van der Waals surface area contributed by atoms with Gasteiger partial charge in [0, 0.05) is 43.9 Å². The van der Waals surface area contributed by atoms with Gasteiger partial charge in [0.15, 0.2) is 5.78 Å². The first-order valence-electron chi connectivity index (χ1n) is 7.95. The normalized spacial score (nSPS) is 15.0. The monoisotopic (exact) mass is 330 g/mol. The Morgan fingerprint density at radius 2 is 1.61 bits per heavy atom. The number of hydrogen-bond acceptors (Lipinski definition) is 3. The molecule has 0 saturated carbocycles. The summed E-state index contributed by atoms with van der Waals surface area (Å²) in [6.07, 6.45) is 0.925. The minimum absolute atomic E-state index is 0. The lowest BCUT2D eigenvalue weighted by atomic mass is 9.96. The van der Waals surface area contributed by atoms with E-state index in [0.29, 0.717) is 0 Å². The summed E-state index contributed by atoms with van der Waals surface area (Å²) >= 11 is 0. The zero-order valence-corrected chi connectivity index (χ0v) is 14.0. The first kappa shape index (κ1) is 17.7. The zero-order valence-electron chi connectivity index (χ0n) is 13.2. The average molecular weight is 331 g/mol. The topological polar surface area (TPSA) is 32.3 Å². The van der Waals surface area contributed by atoms with Crippen molar-refractivity contribution in [1.82, 2.24) is 10.2 Å². The van der Waals surface area contributed by atoms with Crippen LogP contribution in [0, 0.1) is 0 Å². The van der Waals surface area contributed by atoms with Crippen LogP contribution in [0.3, 0.4) is 0 Å². The highest BCUT2D eigenvalue weighted by molar-refractivity contribution is 6.09. The van der Waals surface area contributed by atoms with Gasteiger partial charge in [0.2, 0.25) is 0 Å². The van der Waals surface area contributed by atoms with Crippen molar-refractivity contribution in [3.8, 4) is 0 Å². The molecule has 2 aromatic carbocycles. The van der Waals surface area contributed by atoms with Gasteiger partial charge in [-0.15, -0.1) is 12.4 Å². The molecular weight excluding hydrogens is 308 g/mol. The van der Waals surface area contributed by atoms with Crippen molar-refractivity contribution in [2.75, 3.05) is 32.7 Å². The van der Waals surface area contributed by atoms with E-state index in [9.17, 15) is 4.79 Å². The minimum atomic E-state index is 0. The molecule has 2 aromatic rings. The molecule has 23 heavy (non-hydrogen) atoms. The Morgan fingerprint density at radius 1 is 0.957 bits per heavy atom. The van der Waals surface area contributed by atoms with E-state index in [1.807, 2.05) is 48.5 Å². The molecule has 1 fully saturated rings. The molecular formula is C19H23ClN2O. The van der Waals surface area contributed by atoms with E-state index in [-0.39, 0.29) is 18.2 Å². The third-order valence-corrected chi connectivity index (χ3v) is 4.20. The number of nitrogens with one attached hydrogen (secondary N) is 1. The fourth-order valence-electron chi connectivity index (χ4n) is 2.92. The average Bonchev–Trinajstić information content (AvgIpc) is 2.61. The molecule has 0 radical (unpaired) electrons. The number of benzene rings is 2. The van der Waals surface area contributed by atoms with Crippen molar-refractivity contribution in [3.05, 3.63) is 71.3 Å². The maximum Gasteiger partial charge on any atom is 0.193 e. The van der Waals surface area contributed by atoms with Crippen molar-refractivity contribution in [2.24, 2.45) is 0 Å². The second-order valence-electron chi connectivity index (χ2n) is 5.69. The molecule has 3 rings (SSSR count). The van der Waals surface area contributed by atoms with E-state index in [4.69, 9.17) is 0 Å². The van der Waals surface area contributed by atoms with Gasteiger partial charge < -0.3 is 10.2 Å². The van der Waals surface area contributed by atoms with Gasteiger partial charge in [-0.3, -0.25) is 4.79 Å². The van der Waals surface area contributed by atoms with Gasteiger partial charge in [0.25, 0.3) is 0 Å². The smallest absolute Gasteiger partial charge is 0.193 e. The number of nitrogens with zero attached hydrogens (tertiary/aromatic N) is 1. The lowest BCUT2D eigenvalue weighted by Gasteiger charge is -2.27. The van der Waals surface area contributed by atoms with Gasteiger partial charge in [0.05, 0.1) is 0 Å². The molecule has 0 spiro atoms. The van der Waals surface area contributed by atoms with Gasteiger partial charge in [-0.2, -0.15) is 0 Å². The molecule has 0 unspecified atom stereocenters. The van der Waals surface area contributed by atoms with E-state index < -0.39 is 0 Å². The summed E-state index contributed by atoms with van der Waals surface area (Å²) in [5, 5.41) is 3.37. The molecule has 122 valence electrons. The van der Waals surface area contributed by atoms with E-state index >= 15 is 0 Å². The zero-order chi connectivity index (χ0) is 15.2. The third-order valence-electron chi connectivity index (χ3n) is 4.20. The highest BCUT2D eigenvalue weighted by Crippen LogP contribution is 2.15. The van der Waals surface area contributed by atoms with Gasteiger partial charge in [-0.25, -0.2) is 0 Å². The van der Waals surface area contributed by atoms with Crippen molar-refractivity contribution < 1.29 is 4.79 Å². The SMILES string of the molecule is Cl.O=C(c1ccccc1)c1ccccc1CCN1CCNCC1. The summed E-state index contributed by atoms with van der Waals surface area (Å²) in [6.45, 7) is 5.32. The number of hydrogen-bond donors (Lipinski definition) is 1. The van der Waals surface area contributed by atoms with Gasteiger partial charge in [-0.05, 0) is 12.0 Å². The molecule has 1 aliphatic rings. The van der Waals surface area contributed by atoms with Crippen LogP contribution in [0.25, 0.3) is 0 Å². The Morgan fingerprint density at radius 3 is 2.35 bits per heavy atom. The molecule has 0 aliphatic carbocycles. The Balaban J connectivity index is 0.00000192. The second kappa shape index (κ2) is 8.82. The fourth-order valence-corrected chi connectivity index (χ4v) is 2.92. The molecule has 1 saturated heterocycles. The van der Waals surface area contributed by atoms with Crippen LogP contribution in [0.15, 0.2) is 54.6 Å². The molecule has 3 nitrogen and oxygen atoms in total. The van der Waals surface area contributed by atoms with E-state index in [1.165, 1.54) is 0 Å². The Kier molecular flexibility index (Phi) is 6.78. The van der Waals surface area contributed by atoms with Crippen LogP contribution in [-0.4, -0.2) is 43.4 Å². The number of rotatable bonds is 5. The highest BCUT2D eigenvalue weighted by Gasteiger charge is 2.14. The van der Waals surface area contributed by atoms with Crippen molar-refractivity contribution in [2.45, 2.75) is 6.42 Å². The quantitative estimate of drug-likeness (QED) is 0.856. The van der Waals surface area contributed by atoms with Crippen LogP contribution in [-0.2, 0) is 6.42 Å². The molecule has 1 heterocycles. The summed E-state index contributed by atoms with van der Waals surface area (Å²) in [5.74, 6) is 0.122. The molecule has 1 aliphatic heterocycles.